The van der Waals surface area contributed by atoms with E-state index in [2.05, 4.69) is 0 Å². The van der Waals surface area contributed by atoms with Crippen molar-refractivity contribution in [1.29, 1.82) is 0 Å². The summed E-state index contributed by atoms with van der Waals surface area (Å²) in [5.41, 5.74) is 3.91. The van der Waals surface area contributed by atoms with Gasteiger partial charge in [0.05, 0.1) is 0 Å². The van der Waals surface area contributed by atoms with Gasteiger partial charge in [-0.1, -0.05) is 0 Å². The van der Waals surface area contributed by atoms with E-state index >= 15 is 0 Å². The number of nitrogens with two attached hydrogens (primary N) is 1. The van der Waals surface area contributed by atoms with Gasteiger partial charge in [0.15, 0.2) is 0 Å². The van der Waals surface area contributed by atoms with Crippen LogP contribution in [0.1, 0.15) is 13.8 Å². The van der Waals surface area contributed by atoms with Gasteiger partial charge < -0.3 is 16.3 Å². The fourth-order valence-electron chi connectivity index (χ4n) is 0. The molecule has 0 amide bonds. The van der Waals surface area contributed by atoms with E-state index in [0.717, 1.165) is 0 Å². The van der Waals surface area contributed by atoms with E-state index in [-0.39, 0.29) is 35.0 Å². The molecule has 40 valence electrons. The van der Waals surface area contributed by atoms with Crippen LogP contribution in [0.3, 0.4) is 0 Å². The van der Waals surface area contributed by atoms with Gasteiger partial charge in [0, 0.05) is 0 Å². The average Bonchev–Trinajstić information content (AvgIpc) is 0.722. The van der Waals surface area contributed by atoms with E-state index in [9.17, 15) is 0 Å². The summed E-state index contributed by atoms with van der Waals surface area (Å²) >= 11 is 0. The molecule has 0 aliphatic heterocycles. The van der Waals surface area contributed by atoms with Crippen LogP contribution in [0.4, 0.5) is 0 Å². The Morgan fingerprint density at radius 1 is 1.43 bits per heavy atom. The Morgan fingerprint density at radius 2 is 1.43 bits per heavy atom. The van der Waals surface area contributed by atoms with Crippen LogP contribution >= 0.6 is 0 Å². The van der Waals surface area contributed by atoms with Crippen LogP contribution in [0.2, 0.25) is 0 Å². The van der Waals surface area contributed by atoms with E-state index in [1.54, 1.807) is 0 Å². The predicted molar refractivity (Wildman–Crippen MR) is 22.4 cm³/mol. The van der Waals surface area contributed by atoms with Crippen molar-refractivity contribution in [2.75, 3.05) is 0 Å². The maximum absolute atomic E-state index is 8.30. The summed E-state index contributed by atoms with van der Waals surface area (Å²) in [6, 6.07) is 0. The Kier molecular flexibility index (Phi) is 11.2. The molecule has 0 atom stereocenters. The minimum atomic E-state index is -1.00. The Hall–Kier alpha value is 0.880. The van der Waals surface area contributed by atoms with Crippen LogP contribution in [0.5, 0.6) is 0 Å². The first kappa shape index (κ1) is 15.7. The minimum absolute atomic E-state index is 0. The van der Waals surface area contributed by atoms with E-state index in [1.807, 2.05) is 0 Å². The number of rotatable bonds is 0. The fraction of sp³-hybridized carbons (Fsp3) is 1.00. The smallest absolute Gasteiger partial charge is 0.870 e. The third kappa shape index (κ3) is 212. The topological polar surface area (TPSA) is 76.2 Å². The first-order valence-electron chi connectivity index (χ1n) is 1.51. The van der Waals surface area contributed by atoms with Crippen molar-refractivity contribution in [3.05, 3.63) is 0 Å². The Bertz CT molecular complexity index is 28.4. The Morgan fingerprint density at radius 3 is 1.43 bits per heavy atom. The number of aliphatic hydroxyl groups is 1. The summed E-state index contributed by atoms with van der Waals surface area (Å²) in [7, 11) is 0. The third-order valence-electron chi connectivity index (χ3n) is 0. The molecule has 0 unspecified atom stereocenters. The van der Waals surface area contributed by atoms with Crippen LogP contribution < -0.4 is 35.3 Å². The second kappa shape index (κ2) is 5.03. The van der Waals surface area contributed by atoms with Crippen molar-refractivity contribution in [3.63, 3.8) is 0 Å². The first-order chi connectivity index (χ1) is 2.00. The van der Waals surface area contributed by atoms with Gasteiger partial charge in [-0.3, -0.25) is 0 Å². The normalized spacial score (nSPS) is 8.57. The van der Waals surface area contributed by atoms with Crippen LogP contribution in [0.15, 0.2) is 0 Å². The van der Waals surface area contributed by atoms with Crippen molar-refractivity contribution in [3.8, 4) is 0 Å². The maximum Gasteiger partial charge on any atom is 1.00 e. The van der Waals surface area contributed by atoms with E-state index < -0.39 is 5.72 Å². The van der Waals surface area contributed by atoms with Gasteiger partial charge in [0.25, 0.3) is 0 Å². The number of hydrogen-bond donors (Lipinski definition) is 2. The molecule has 4 heteroatoms. The molecule has 0 aromatic heterocycles. The van der Waals surface area contributed by atoms with Gasteiger partial charge in [-0.2, -0.15) is 0 Å². The molecule has 0 aromatic carbocycles. The van der Waals surface area contributed by atoms with E-state index in [4.69, 9.17) is 10.8 Å². The molecule has 0 saturated carbocycles. The van der Waals surface area contributed by atoms with Crippen molar-refractivity contribution in [2.24, 2.45) is 5.73 Å². The molecular formula is C3H10NNaO2. The first-order valence-corrected chi connectivity index (χ1v) is 1.51. The minimum Gasteiger partial charge on any atom is -0.870 e. The van der Waals surface area contributed by atoms with Crippen LogP contribution in [-0.4, -0.2) is 16.3 Å². The second-order valence-electron chi connectivity index (χ2n) is 1.65. The monoisotopic (exact) mass is 115 g/mol. The Balaban J connectivity index is -0.0000000800. The molecule has 0 heterocycles. The predicted octanol–water partition coefficient (Wildman–Crippen LogP) is -3.50. The largest absolute Gasteiger partial charge is 1.00 e. The standard InChI is InChI=1S/C3H9NO.Na.H2O/c1-3(2,4)5;;/h5H,4H2,1-2H3;;1H2/q;+1;/p-1. The molecule has 0 fully saturated rings. The van der Waals surface area contributed by atoms with Gasteiger partial charge in [-0.25, -0.2) is 0 Å². The van der Waals surface area contributed by atoms with Crippen LogP contribution in [-0.2, 0) is 0 Å². The van der Waals surface area contributed by atoms with Crippen LogP contribution in [0, 0.1) is 0 Å². The van der Waals surface area contributed by atoms with Crippen molar-refractivity contribution in [1.82, 2.24) is 0 Å². The molecule has 0 spiro atoms. The third-order valence-corrected chi connectivity index (χ3v) is 0. The number of hydrogen-bond acceptors (Lipinski definition) is 3. The summed E-state index contributed by atoms with van der Waals surface area (Å²) in [5.74, 6) is 0. The van der Waals surface area contributed by atoms with Crippen LogP contribution in [0.25, 0.3) is 0 Å². The van der Waals surface area contributed by atoms with Crippen molar-refractivity contribution < 1.29 is 40.1 Å². The molecule has 0 bridgehead atoms. The molecule has 0 saturated heterocycles. The van der Waals surface area contributed by atoms with Crippen molar-refractivity contribution in [2.45, 2.75) is 19.6 Å². The molecular weight excluding hydrogens is 105 g/mol. The second-order valence-corrected chi connectivity index (χ2v) is 1.65. The Labute approximate surface area is 65.5 Å². The summed E-state index contributed by atoms with van der Waals surface area (Å²) in [4.78, 5) is 0. The summed E-state index contributed by atoms with van der Waals surface area (Å²) in [6.45, 7) is 3.04. The van der Waals surface area contributed by atoms with Gasteiger partial charge in [-0.05, 0) is 13.8 Å². The zero-order chi connectivity index (χ0) is 4.50. The summed E-state index contributed by atoms with van der Waals surface area (Å²) in [5, 5.41) is 8.30. The molecule has 0 aliphatic carbocycles. The molecule has 7 heavy (non-hydrogen) atoms. The summed E-state index contributed by atoms with van der Waals surface area (Å²) in [6.07, 6.45) is 0. The van der Waals surface area contributed by atoms with Gasteiger partial charge in [0.2, 0.25) is 0 Å². The zero-order valence-electron chi connectivity index (χ0n) is 4.97. The quantitative estimate of drug-likeness (QED) is 0.254. The molecule has 0 radical (unpaired) electrons. The summed E-state index contributed by atoms with van der Waals surface area (Å²) < 4.78 is 0. The molecule has 0 aromatic rings. The van der Waals surface area contributed by atoms with Gasteiger partial charge >= 0.3 is 29.6 Å². The fourth-order valence-corrected chi connectivity index (χ4v) is 0. The van der Waals surface area contributed by atoms with Gasteiger partial charge in [-0.15, -0.1) is 0 Å². The van der Waals surface area contributed by atoms with Crippen molar-refractivity contribution >= 4 is 0 Å². The zero-order valence-corrected chi connectivity index (χ0v) is 6.97. The molecule has 3 nitrogen and oxygen atoms in total. The average molecular weight is 115 g/mol. The van der Waals surface area contributed by atoms with E-state index in [1.165, 1.54) is 13.8 Å². The molecule has 4 N–H and O–H groups in total. The van der Waals surface area contributed by atoms with E-state index in [0.29, 0.717) is 0 Å². The maximum atomic E-state index is 8.30. The molecule has 0 rings (SSSR count). The SMILES string of the molecule is CC(C)(N)O.[Na+].[OH-]. The molecule has 0 aliphatic rings. The van der Waals surface area contributed by atoms with Gasteiger partial charge in [0.1, 0.15) is 5.72 Å².